The molecule has 1 aliphatic rings. The number of benzene rings is 1. The summed E-state index contributed by atoms with van der Waals surface area (Å²) < 4.78 is 0. The first-order valence-electron chi connectivity index (χ1n) is 7.75. The molecular weight excluding hydrogens is 312 g/mol. The molecule has 130 valence electrons. The molecule has 0 spiro atoms. The Morgan fingerprint density at radius 3 is 2.42 bits per heavy atom. The second kappa shape index (κ2) is 7.11. The summed E-state index contributed by atoms with van der Waals surface area (Å²) in [6, 6.07) is 4.81. The predicted molar refractivity (Wildman–Crippen MR) is 88.2 cm³/mol. The maximum absolute atomic E-state index is 11.8. The highest BCUT2D eigenvalue weighted by Crippen LogP contribution is 2.33. The van der Waals surface area contributed by atoms with Crippen LogP contribution in [0.5, 0.6) is 0 Å². The monoisotopic (exact) mass is 334 g/mol. The lowest BCUT2D eigenvalue weighted by Gasteiger charge is -2.32. The standard InChI is InChI=1S/C17H22N2O5/c1-17(2)8-12(7-14(21)9-17)18-15(10-20)16(22)11-3-5-13(6-4-11)19(23)24/h3-7,15-16,18,20,22H,8-10H2,1-2H3/t15-,16-/m0/s1. The van der Waals surface area contributed by atoms with Crippen LogP contribution in [-0.2, 0) is 4.79 Å². The minimum Gasteiger partial charge on any atom is -0.394 e. The third-order valence-electron chi connectivity index (χ3n) is 4.05. The molecule has 0 aromatic heterocycles. The van der Waals surface area contributed by atoms with Gasteiger partial charge in [-0.25, -0.2) is 0 Å². The van der Waals surface area contributed by atoms with Crippen molar-refractivity contribution in [3.8, 4) is 0 Å². The summed E-state index contributed by atoms with van der Waals surface area (Å²) in [5.74, 6) is 0.00951. The van der Waals surface area contributed by atoms with Crippen molar-refractivity contribution in [1.82, 2.24) is 5.32 Å². The van der Waals surface area contributed by atoms with E-state index < -0.39 is 17.1 Å². The molecule has 1 aromatic carbocycles. The summed E-state index contributed by atoms with van der Waals surface area (Å²) in [4.78, 5) is 22.0. The van der Waals surface area contributed by atoms with Gasteiger partial charge in [-0.05, 0) is 29.5 Å². The molecule has 0 saturated carbocycles. The van der Waals surface area contributed by atoms with Crippen molar-refractivity contribution in [3.05, 3.63) is 51.7 Å². The molecule has 2 atom stereocenters. The molecule has 1 aliphatic carbocycles. The summed E-state index contributed by atoms with van der Waals surface area (Å²) in [6.07, 6.45) is 1.56. The van der Waals surface area contributed by atoms with E-state index in [1.54, 1.807) is 0 Å². The number of hydrogen-bond acceptors (Lipinski definition) is 6. The molecule has 0 heterocycles. The quantitative estimate of drug-likeness (QED) is 0.540. The molecule has 24 heavy (non-hydrogen) atoms. The Balaban J connectivity index is 2.13. The third-order valence-corrected chi connectivity index (χ3v) is 4.05. The smallest absolute Gasteiger partial charge is 0.269 e. The van der Waals surface area contributed by atoms with E-state index in [4.69, 9.17) is 0 Å². The van der Waals surface area contributed by atoms with Crippen molar-refractivity contribution < 1.29 is 19.9 Å². The van der Waals surface area contributed by atoms with Crippen molar-refractivity contribution in [2.45, 2.75) is 38.8 Å². The van der Waals surface area contributed by atoms with Crippen LogP contribution >= 0.6 is 0 Å². The number of nitro benzene ring substituents is 1. The fourth-order valence-electron chi connectivity index (χ4n) is 2.93. The van der Waals surface area contributed by atoms with Gasteiger partial charge < -0.3 is 15.5 Å². The molecule has 3 N–H and O–H groups in total. The lowest BCUT2D eigenvalue weighted by atomic mass is 9.78. The zero-order valence-corrected chi connectivity index (χ0v) is 13.7. The van der Waals surface area contributed by atoms with Crippen LogP contribution in [0.25, 0.3) is 0 Å². The highest BCUT2D eigenvalue weighted by molar-refractivity contribution is 5.91. The minimum atomic E-state index is -1.06. The second-order valence-corrected chi connectivity index (χ2v) is 6.88. The van der Waals surface area contributed by atoms with Gasteiger partial charge in [0.2, 0.25) is 0 Å². The molecule has 0 fully saturated rings. The zero-order chi connectivity index (χ0) is 17.9. The van der Waals surface area contributed by atoms with Gasteiger partial charge in [0.25, 0.3) is 5.69 Å². The SMILES string of the molecule is CC1(C)CC(=O)C=C(N[C@@H](CO)[C@@H](O)c2ccc([N+](=O)[O-])cc2)C1. The Morgan fingerprint density at radius 2 is 1.92 bits per heavy atom. The molecule has 7 nitrogen and oxygen atoms in total. The van der Waals surface area contributed by atoms with Crippen LogP contribution in [0, 0.1) is 15.5 Å². The molecule has 2 rings (SSSR count). The highest BCUT2D eigenvalue weighted by Gasteiger charge is 2.30. The molecule has 7 heteroatoms. The largest absolute Gasteiger partial charge is 0.394 e. The van der Waals surface area contributed by atoms with Crippen molar-refractivity contribution >= 4 is 11.5 Å². The van der Waals surface area contributed by atoms with E-state index in [0.717, 1.165) is 0 Å². The van der Waals surface area contributed by atoms with E-state index in [-0.39, 0.29) is 23.5 Å². The zero-order valence-electron chi connectivity index (χ0n) is 13.7. The number of rotatable bonds is 6. The fraction of sp³-hybridized carbons (Fsp3) is 0.471. The number of non-ortho nitro benzene ring substituents is 1. The van der Waals surface area contributed by atoms with Crippen LogP contribution in [0.3, 0.4) is 0 Å². The normalized spacial score (nSPS) is 19.3. The highest BCUT2D eigenvalue weighted by atomic mass is 16.6. The molecular formula is C17H22N2O5. The average molecular weight is 334 g/mol. The lowest BCUT2D eigenvalue weighted by molar-refractivity contribution is -0.384. The first kappa shape index (κ1) is 18.1. The number of allylic oxidation sites excluding steroid dienone is 2. The van der Waals surface area contributed by atoms with E-state index in [9.17, 15) is 25.1 Å². The van der Waals surface area contributed by atoms with Gasteiger partial charge in [-0.2, -0.15) is 0 Å². The van der Waals surface area contributed by atoms with E-state index in [2.05, 4.69) is 5.32 Å². The topological polar surface area (TPSA) is 113 Å². The maximum Gasteiger partial charge on any atom is 0.269 e. The second-order valence-electron chi connectivity index (χ2n) is 6.88. The van der Waals surface area contributed by atoms with Crippen molar-refractivity contribution in [2.75, 3.05) is 6.61 Å². The summed E-state index contributed by atoms with van der Waals surface area (Å²) in [5.41, 5.74) is 0.888. The third kappa shape index (κ3) is 4.39. The number of nitrogens with one attached hydrogen (secondary N) is 1. The van der Waals surface area contributed by atoms with Gasteiger partial charge in [0.15, 0.2) is 5.78 Å². The maximum atomic E-state index is 11.8. The minimum absolute atomic E-state index is 0.00951. The van der Waals surface area contributed by atoms with Gasteiger partial charge in [0.05, 0.1) is 17.6 Å². The number of hydrogen-bond donors (Lipinski definition) is 3. The van der Waals surface area contributed by atoms with Gasteiger partial charge in [-0.1, -0.05) is 13.8 Å². The van der Waals surface area contributed by atoms with E-state index >= 15 is 0 Å². The molecule has 0 aliphatic heterocycles. The Bertz CT molecular complexity index is 651. The summed E-state index contributed by atoms with van der Waals surface area (Å²) in [5, 5.41) is 33.7. The average Bonchev–Trinajstić information content (AvgIpc) is 2.50. The van der Waals surface area contributed by atoms with Gasteiger partial charge in [-0.3, -0.25) is 14.9 Å². The van der Waals surface area contributed by atoms with Crippen molar-refractivity contribution in [1.29, 1.82) is 0 Å². The number of carbonyl (C=O) groups excluding carboxylic acids is 1. The van der Waals surface area contributed by atoms with Crippen LogP contribution < -0.4 is 5.32 Å². The summed E-state index contributed by atoms with van der Waals surface area (Å²) in [6.45, 7) is 3.63. The molecule has 0 radical (unpaired) electrons. The number of carbonyl (C=O) groups is 1. The van der Waals surface area contributed by atoms with Crippen LogP contribution in [0.1, 0.15) is 38.4 Å². The molecule has 0 amide bonds. The Labute approximate surface area is 140 Å². The number of ketones is 1. The van der Waals surface area contributed by atoms with Crippen molar-refractivity contribution in [2.24, 2.45) is 5.41 Å². The van der Waals surface area contributed by atoms with Crippen LogP contribution in [0.4, 0.5) is 5.69 Å². The predicted octanol–water partition coefficient (Wildman–Crippen LogP) is 1.85. The first-order chi connectivity index (χ1) is 11.2. The van der Waals surface area contributed by atoms with Gasteiger partial charge in [0, 0.05) is 30.3 Å². The fourth-order valence-corrected chi connectivity index (χ4v) is 2.93. The molecule has 0 unspecified atom stereocenters. The molecule has 0 bridgehead atoms. The summed E-state index contributed by atoms with van der Waals surface area (Å²) in [7, 11) is 0. The van der Waals surface area contributed by atoms with Gasteiger partial charge >= 0.3 is 0 Å². The van der Waals surface area contributed by atoms with Crippen molar-refractivity contribution in [3.63, 3.8) is 0 Å². The Morgan fingerprint density at radius 1 is 1.29 bits per heavy atom. The van der Waals surface area contributed by atoms with E-state index in [1.165, 1.54) is 30.3 Å². The number of nitrogens with zero attached hydrogens (tertiary/aromatic N) is 1. The van der Waals surface area contributed by atoms with E-state index in [1.807, 2.05) is 13.8 Å². The lowest BCUT2D eigenvalue weighted by Crippen LogP contribution is -2.40. The van der Waals surface area contributed by atoms with Crippen LogP contribution in [-0.4, -0.2) is 33.6 Å². The number of aliphatic hydroxyl groups excluding tert-OH is 2. The molecule has 0 saturated heterocycles. The first-order valence-corrected chi connectivity index (χ1v) is 7.75. The molecule has 1 aromatic rings. The Kier molecular flexibility index (Phi) is 5.36. The summed E-state index contributed by atoms with van der Waals surface area (Å²) >= 11 is 0. The van der Waals surface area contributed by atoms with E-state index in [0.29, 0.717) is 24.1 Å². The number of nitro groups is 1. The van der Waals surface area contributed by atoms with Gasteiger partial charge in [0.1, 0.15) is 6.10 Å². The van der Waals surface area contributed by atoms with Crippen LogP contribution in [0.15, 0.2) is 36.0 Å². The number of aliphatic hydroxyl groups is 2. The van der Waals surface area contributed by atoms with Crippen LogP contribution in [0.2, 0.25) is 0 Å². The van der Waals surface area contributed by atoms with Gasteiger partial charge in [-0.15, -0.1) is 0 Å². The Hall–Kier alpha value is -2.25.